The first-order chi connectivity index (χ1) is 15.4. The second kappa shape index (κ2) is 9.97. The Morgan fingerprint density at radius 3 is 2.59 bits per heavy atom. The molecular weight excluding hydrogens is 458 g/mol. The van der Waals surface area contributed by atoms with Crippen molar-refractivity contribution in [1.29, 1.82) is 0 Å². The Hall–Kier alpha value is -2.49. The third kappa shape index (κ3) is 5.11. The van der Waals surface area contributed by atoms with Gasteiger partial charge in [0.15, 0.2) is 16.1 Å². The summed E-state index contributed by atoms with van der Waals surface area (Å²) in [7, 11) is 0. The van der Waals surface area contributed by atoms with Gasteiger partial charge >= 0.3 is 0 Å². The molecule has 0 bridgehead atoms. The Kier molecular flexibility index (Phi) is 7.07. The fourth-order valence-corrected chi connectivity index (χ4v) is 5.61. The number of nitrogens with zero attached hydrogens (tertiary/aromatic N) is 4. The largest absolute Gasteiger partial charge is 0.301 e. The first-order valence-corrected chi connectivity index (χ1v) is 13.2. The minimum absolute atomic E-state index is 0.108. The van der Waals surface area contributed by atoms with Crippen molar-refractivity contribution in [3.63, 3.8) is 0 Å². The zero-order chi connectivity index (χ0) is 22.7. The highest BCUT2D eigenvalue weighted by Crippen LogP contribution is 2.31. The van der Waals surface area contributed by atoms with Gasteiger partial charge in [0.05, 0.1) is 11.4 Å². The molecule has 0 aliphatic heterocycles. The van der Waals surface area contributed by atoms with Crippen LogP contribution in [0, 0.1) is 6.92 Å². The molecule has 0 unspecified atom stereocenters. The fraction of sp³-hybridized carbons (Fsp3) is 0.304. The third-order valence-corrected chi connectivity index (χ3v) is 7.65. The molecule has 4 rings (SSSR count). The number of aromatic nitrogens is 4. The average molecular weight is 484 g/mol. The highest BCUT2D eigenvalue weighted by atomic mass is 32.2. The highest BCUT2D eigenvalue weighted by molar-refractivity contribution is 7.99. The molecule has 3 heterocycles. The number of hydrogen-bond donors (Lipinski definition) is 1. The van der Waals surface area contributed by atoms with Crippen molar-refractivity contribution < 1.29 is 4.79 Å². The van der Waals surface area contributed by atoms with Crippen molar-refractivity contribution in [2.75, 3.05) is 11.1 Å². The van der Waals surface area contributed by atoms with Crippen LogP contribution in [-0.2, 0) is 11.2 Å². The van der Waals surface area contributed by atoms with E-state index in [0.29, 0.717) is 5.13 Å². The second-order valence-corrected chi connectivity index (χ2v) is 10.5. The van der Waals surface area contributed by atoms with Gasteiger partial charge in [-0.3, -0.25) is 9.36 Å². The summed E-state index contributed by atoms with van der Waals surface area (Å²) in [6.07, 6.45) is 1.00. The van der Waals surface area contributed by atoms with E-state index >= 15 is 0 Å². The molecule has 0 fully saturated rings. The molecule has 0 spiro atoms. The number of nitrogens with one attached hydrogen (secondary N) is 1. The lowest BCUT2D eigenvalue weighted by atomic mass is 10.1. The van der Waals surface area contributed by atoms with E-state index in [-0.39, 0.29) is 17.7 Å². The lowest BCUT2D eigenvalue weighted by molar-refractivity contribution is -0.113. The summed E-state index contributed by atoms with van der Waals surface area (Å²) < 4.78 is 2.10. The molecule has 0 aliphatic rings. The van der Waals surface area contributed by atoms with Crippen LogP contribution >= 0.6 is 34.4 Å². The zero-order valence-electron chi connectivity index (χ0n) is 18.5. The number of carbonyl (C=O) groups is 1. The van der Waals surface area contributed by atoms with Gasteiger partial charge in [0.1, 0.15) is 0 Å². The van der Waals surface area contributed by atoms with Crippen LogP contribution in [0.5, 0.6) is 0 Å². The van der Waals surface area contributed by atoms with Gasteiger partial charge in [0.25, 0.3) is 0 Å². The normalized spacial score (nSPS) is 11.3. The number of rotatable bonds is 8. The summed E-state index contributed by atoms with van der Waals surface area (Å²) in [4.78, 5) is 18.4. The second-order valence-electron chi connectivity index (χ2n) is 7.67. The Bertz CT molecular complexity index is 1210. The maximum absolute atomic E-state index is 12.6. The van der Waals surface area contributed by atoms with E-state index in [9.17, 15) is 4.79 Å². The van der Waals surface area contributed by atoms with E-state index in [1.807, 2.05) is 17.5 Å². The van der Waals surface area contributed by atoms with Crippen molar-refractivity contribution in [3.8, 4) is 22.6 Å². The van der Waals surface area contributed by atoms with Crippen LogP contribution in [0.1, 0.15) is 37.3 Å². The number of amides is 1. The van der Waals surface area contributed by atoms with Crippen molar-refractivity contribution in [3.05, 3.63) is 51.5 Å². The predicted octanol–water partition coefficient (Wildman–Crippen LogP) is 6.31. The quantitative estimate of drug-likeness (QED) is 0.297. The third-order valence-electron chi connectivity index (χ3n) is 4.87. The smallest absolute Gasteiger partial charge is 0.236 e. The summed E-state index contributed by atoms with van der Waals surface area (Å²) in [5.41, 5.74) is 4.19. The number of thiophene rings is 1. The predicted molar refractivity (Wildman–Crippen MR) is 135 cm³/mol. The van der Waals surface area contributed by atoms with Gasteiger partial charge in [-0.15, -0.1) is 32.9 Å². The van der Waals surface area contributed by atoms with Gasteiger partial charge in [0.2, 0.25) is 5.91 Å². The molecule has 0 radical (unpaired) electrons. The number of carbonyl (C=O) groups excluding carboxylic acids is 1. The minimum Gasteiger partial charge on any atom is -0.301 e. The van der Waals surface area contributed by atoms with Crippen LogP contribution in [0.25, 0.3) is 22.6 Å². The molecule has 1 amide bonds. The SMILES string of the molecule is CCc1cc(-c2nnc(SCC(=O)Nc3nc(-c4ccc(C)cc4)cs3)n2C(C)C)cs1. The van der Waals surface area contributed by atoms with Crippen LogP contribution in [0.2, 0.25) is 0 Å². The molecule has 6 nitrogen and oxygen atoms in total. The monoisotopic (exact) mass is 483 g/mol. The van der Waals surface area contributed by atoms with Crippen molar-refractivity contribution in [1.82, 2.24) is 19.7 Å². The average Bonchev–Trinajstić information content (AvgIpc) is 3.51. The number of benzene rings is 1. The van der Waals surface area contributed by atoms with E-state index in [2.05, 4.69) is 76.3 Å². The summed E-state index contributed by atoms with van der Waals surface area (Å²) in [6, 6.07) is 10.6. The van der Waals surface area contributed by atoms with Crippen LogP contribution in [-0.4, -0.2) is 31.4 Å². The molecule has 3 aromatic heterocycles. The standard InChI is InChI=1S/C23H25N5OS3/c1-5-18-10-17(11-30-18)21-26-27-23(28(21)14(2)3)32-13-20(29)25-22-24-19(12-31-22)16-8-6-15(4)7-9-16/h6-12,14H,5,13H2,1-4H3,(H,24,25,29). The van der Waals surface area contributed by atoms with E-state index in [0.717, 1.165) is 34.2 Å². The maximum Gasteiger partial charge on any atom is 0.236 e. The molecule has 0 saturated heterocycles. The van der Waals surface area contributed by atoms with Gasteiger partial charge in [-0.1, -0.05) is 48.5 Å². The summed E-state index contributed by atoms with van der Waals surface area (Å²) in [5.74, 6) is 0.985. The Morgan fingerprint density at radius 1 is 1.12 bits per heavy atom. The van der Waals surface area contributed by atoms with E-state index in [4.69, 9.17) is 0 Å². The van der Waals surface area contributed by atoms with Crippen LogP contribution in [0.15, 0.2) is 46.2 Å². The molecular formula is C23H25N5OS3. The molecule has 1 aromatic carbocycles. The zero-order valence-corrected chi connectivity index (χ0v) is 20.9. The lowest BCUT2D eigenvalue weighted by Crippen LogP contribution is -2.15. The van der Waals surface area contributed by atoms with Gasteiger partial charge in [-0.2, -0.15) is 0 Å². The molecule has 1 N–H and O–H groups in total. The fourth-order valence-electron chi connectivity index (χ4n) is 3.19. The van der Waals surface area contributed by atoms with Crippen molar-refractivity contribution in [2.45, 2.75) is 45.3 Å². The molecule has 32 heavy (non-hydrogen) atoms. The summed E-state index contributed by atoms with van der Waals surface area (Å²) in [6.45, 7) is 8.41. The van der Waals surface area contributed by atoms with E-state index in [1.54, 1.807) is 11.3 Å². The van der Waals surface area contributed by atoms with Crippen molar-refractivity contribution >= 4 is 45.5 Å². The number of anilines is 1. The Balaban J connectivity index is 1.41. The number of hydrogen-bond acceptors (Lipinski definition) is 7. The number of aryl methyl sites for hydroxylation is 2. The van der Waals surface area contributed by atoms with Crippen LogP contribution < -0.4 is 5.32 Å². The van der Waals surface area contributed by atoms with Gasteiger partial charge in [-0.25, -0.2) is 4.98 Å². The topological polar surface area (TPSA) is 72.7 Å². The highest BCUT2D eigenvalue weighted by Gasteiger charge is 2.19. The summed E-state index contributed by atoms with van der Waals surface area (Å²) >= 11 is 4.56. The van der Waals surface area contributed by atoms with Gasteiger partial charge in [-0.05, 0) is 33.3 Å². The molecule has 0 saturated carbocycles. The molecule has 0 atom stereocenters. The lowest BCUT2D eigenvalue weighted by Gasteiger charge is -2.13. The van der Waals surface area contributed by atoms with Gasteiger partial charge in [0, 0.05) is 32.8 Å². The first-order valence-electron chi connectivity index (χ1n) is 10.4. The number of thioether (sulfide) groups is 1. The van der Waals surface area contributed by atoms with Gasteiger partial charge < -0.3 is 5.32 Å². The van der Waals surface area contributed by atoms with E-state index in [1.165, 1.54) is 33.5 Å². The van der Waals surface area contributed by atoms with Crippen LogP contribution in [0.4, 0.5) is 5.13 Å². The maximum atomic E-state index is 12.6. The van der Waals surface area contributed by atoms with Crippen molar-refractivity contribution in [2.24, 2.45) is 0 Å². The molecule has 166 valence electrons. The molecule has 4 aromatic rings. The minimum atomic E-state index is -0.108. The Labute approximate surface area is 200 Å². The first kappa shape index (κ1) is 22.7. The molecule has 9 heteroatoms. The number of thiazole rings is 1. The summed E-state index contributed by atoms with van der Waals surface area (Å²) in [5, 5.41) is 17.1. The molecule has 0 aliphatic carbocycles. The Morgan fingerprint density at radius 2 is 1.91 bits per heavy atom. The van der Waals surface area contributed by atoms with Crippen LogP contribution in [0.3, 0.4) is 0 Å². The van der Waals surface area contributed by atoms with E-state index < -0.39 is 0 Å².